The van der Waals surface area contributed by atoms with Crippen molar-refractivity contribution in [1.29, 1.82) is 0 Å². The molecule has 0 fully saturated rings. The number of aryl methyl sites for hydroxylation is 2. The third-order valence-corrected chi connectivity index (χ3v) is 9.47. The molecule has 0 saturated heterocycles. The minimum atomic E-state index is -0.112. The van der Waals surface area contributed by atoms with Gasteiger partial charge in [0, 0.05) is 23.8 Å². The Bertz CT molecular complexity index is 1960. The topological polar surface area (TPSA) is 39.9 Å². The van der Waals surface area contributed by atoms with Crippen LogP contribution in [0.4, 0.5) is 0 Å². The number of allylic oxidation sites excluding steroid dienone is 3. The van der Waals surface area contributed by atoms with Crippen molar-refractivity contribution in [3.05, 3.63) is 146 Å². The first kappa shape index (κ1) is 39.2. The van der Waals surface area contributed by atoms with E-state index in [-0.39, 0.29) is 42.7 Å². The predicted octanol–water partition coefficient (Wildman–Crippen LogP) is 12.6. The number of benzene rings is 2. The van der Waals surface area contributed by atoms with Gasteiger partial charge in [-0.15, -0.1) is 35.0 Å². The third-order valence-electron chi connectivity index (χ3n) is 9.47. The summed E-state index contributed by atoms with van der Waals surface area (Å²) in [5.41, 5.74) is 15.0. The summed E-state index contributed by atoms with van der Waals surface area (Å²) in [6, 6.07) is 23.7. The molecule has 0 unspecified atom stereocenters. The number of nitrogens with zero attached hydrogens (tertiary/aromatic N) is 3. The molecule has 0 spiro atoms. The molecule has 2 aromatic heterocycles. The maximum Gasteiger partial charge on any atom is 2.00 e. The molecule has 264 valence electrons. The van der Waals surface area contributed by atoms with Crippen LogP contribution in [0, 0.1) is 25.3 Å². The Morgan fingerprint density at radius 1 is 0.600 bits per heavy atom. The van der Waals surface area contributed by atoms with Crippen molar-refractivity contribution >= 4 is 11.3 Å². The van der Waals surface area contributed by atoms with E-state index in [1.807, 2.05) is 12.4 Å². The molecule has 0 bridgehead atoms. The molecule has 1 aliphatic heterocycles. The van der Waals surface area contributed by atoms with Gasteiger partial charge in [0.1, 0.15) is 0 Å². The zero-order valence-electron chi connectivity index (χ0n) is 32.7. The van der Waals surface area contributed by atoms with Crippen molar-refractivity contribution < 1.29 is 21.1 Å². The maximum absolute atomic E-state index is 5.48. The Hall–Kier alpha value is -3.55. The van der Waals surface area contributed by atoms with E-state index in [9.17, 15) is 0 Å². The van der Waals surface area contributed by atoms with Crippen molar-refractivity contribution in [3.63, 3.8) is 0 Å². The first-order chi connectivity index (χ1) is 22.6. The minimum absolute atomic E-state index is 0. The molecule has 3 heterocycles. The van der Waals surface area contributed by atoms with Gasteiger partial charge in [0.05, 0.1) is 0 Å². The number of rotatable bonds is 4. The fraction of sp³-hybridized carbons (Fsp3) is 0.391. The second-order valence-electron chi connectivity index (χ2n) is 17.8. The minimum Gasteiger partial charge on any atom is -0.662 e. The average molecular weight is 845 g/mol. The quantitative estimate of drug-likeness (QED) is 0.192. The Balaban J connectivity index is 0.00000562. The van der Waals surface area contributed by atoms with E-state index in [1.54, 1.807) is 0 Å². The molecule has 0 atom stereocenters. The molecule has 0 amide bonds. The molecule has 1 aliphatic rings. The number of hydrogen-bond acceptors (Lipinski definition) is 2. The van der Waals surface area contributed by atoms with Crippen LogP contribution in [0.5, 0.6) is 0 Å². The predicted molar refractivity (Wildman–Crippen MR) is 210 cm³/mol. The third kappa shape index (κ3) is 8.66. The van der Waals surface area contributed by atoms with Crippen molar-refractivity contribution in [2.45, 2.75) is 113 Å². The van der Waals surface area contributed by atoms with Crippen molar-refractivity contribution in [3.8, 4) is 11.3 Å². The van der Waals surface area contributed by atoms with Crippen molar-refractivity contribution in [2.75, 3.05) is 0 Å². The van der Waals surface area contributed by atoms with Gasteiger partial charge in [0.15, 0.2) is 0 Å². The molecular formula is C46H55N3Pt. The molecule has 0 N–H and O–H groups in total. The zero-order valence-corrected chi connectivity index (χ0v) is 34.9. The normalized spacial score (nSPS) is 15.1. The molecule has 3 nitrogen and oxygen atoms in total. The van der Waals surface area contributed by atoms with Gasteiger partial charge in [-0.1, -0.05) is 142 Å². The van der Waals surface area contributed by atoms with Gasteiger partial charge >= 0.3 is 21.1 Å². The number of pyridine rings is 2. The van der Waals surface area contributed by atoms with Crippen LogP contribution in [0.1, 0.15) is 128 Å². The molecular weight excluding hydrogens is 790 g/mol. The van der Waals surface area contributed by atoms with Gasteiger partial charge in [-0.25, -0.2) is 0 Å². The van der Waals surface area contributed by atoms with E-state index in [2.05, 4.69) is 170 Å². The fourth-order valence-corrected chi connectivity index (χ4v) is 6.19. The summed E-state index contributed by atoms with van der Waals surface area (Å²) in [5.74, 6) is 0. The van der Waals surface area contributed by atoms with Gasteiger partial charge < -0.3 is 5.32 Å². The fourth-order valence-electron chi connectivity index (χ4n) is 6.19. The summed E-state index contributed by atoms with van der Waals surface area (Å²) in [6.45, 7) is 31.5. The van der Waals surface area contributed by atoms with Crippen LogP contribution in [0.15, 0.2) is 90.4 Å². The number of hydrogen-bond donors (Lipinski definition) is 0. The van der Waals surface area contributed by atoms with Gasteiger partial charge in [0.2, 0.25) is 0 Å². The Labute approximate surface area is 317 Å². The van der Waals surface area contributed by atoms with E-state index < -0.39 is 0 Å². The summed E-state index contributed by atoms with van der Waals surface area (Å²) in [6.07, 6.45) is 8.36. The average Bonchev–Trinajstić information content (AvgIpc) is 3.01. The first-order valence-corrected chi connectivity index (χ1v) is 17.6. The Morgan fingerprint density at radius 2 is 1.12 bits per heavy atom. The second kappa shape index (κ2) is 14.2. The summed E-state index contributed by atoms with van der Waals surface area (Å²) < 4.78 is 0. The van der Waals surface area contributed by atoms with Crippen molar-refractivity contribution in [2.24, 2.45) is 5.41 Å². The maximum atomic E-state index is 5.48. The van der Waals surface area contributed by atoms with E-state index in [0.717, 1.165) is 39.5 Å². The summed E-state index contributed by atoms with van der Waals surface area (Å²) >= 11 is 0. The Morgan fingerprint density at radius 3 is 1.64 bits per heavy atom. The van der Waals surface area contributed by atoms with Crippen LogP contribution >= 0.6 is 0 Å². The van der Waals surface area contributed by atoms with Crippen LogP contribution in [-0.4, -0.2) is 9.97 Å². The summed E-state index contributed by atoms with van der Waals surface area (Å²) in [7, 11) is 0. The Kier molecular flexibility index (Phi) is 11.2. The van der Waals surface area contributed by atoms with Gasteiger partial charge in [0.25, 0.3) is 0 Å². The second-order valence-corrected chi connectivity index (χ2v) is 17.8. The zero-order chi connectivity index (χ0) is 36.1. The largest absolute Gasteiger partial charge is 2.00 e. The standard InChI is InChI=1S/C46H55N3.Pt/c1-29-16-15-17-30(2)41(29)42(32-22-31(23-35(24-32)45(9,10)11)37-25-33(18-20-47-37)43(3,4)5)40-28-36(46(12,13)14)27-39(49-40)38-26-34(19-21-48-38)44(6,7)8;/h15-21,23-28H,1-14H3;/q-2;+2/b42-40+;. The number of aromatic nitrogens is 2. The SMILES string of the molecule is Cc1cccc(C)c1/C(=C1\C=C(C(C)(C)C)C=C(c2cc(C(C)(C)C)ccn2)[N-]1)c1[c-]c(-c2cc(C(C)(C)C)ccn2)cc(C(C)(C)C)c1.[Pt+2]. The van der Waals surface area contributed by atoms with E-state index in [4.69, 9.17) is 15.3 Å². The monoisotopic (exact) mass is 844 g/mol. The molecule has 2 aromatic carbocycles. The molecule has 0 radical (unpaired) electrons. The van der Waals surface area contributed by atoms with E-state index in [1.165, 1.54) is 39.0 Å². The van der Waals surface area contributed by atoms with Crippen LogP contribution < -0.4 is 0 Å². The summed E-state index contributed by atoms with van der Waals surface area (Å²) in [5, 5.41) is 5.48. The molecule has 5 rings (SSSR count). The van der Waals surface area contributed by atoms with E-state index >= 15 is 0 Å². The van der Waals surface area contributed by atoms with Gasteiger partial charge in [-0.2, -0.15) is 5.70 Å². The van der Waals surface area contributed by atoms with Gasteiger partial charge in [-0.05, 0) is 76.0 Å². The van der Waals surface area contributed by atoms with Crippen LogP contribution in [0.2, 0.25) is 0 Å². The molecule has 50 heavy (non-hydrogen) atoms. The van der Waals surface area contributed by atoms with Gasteiger partial charge in [-0.3, -0.25) is 9.97 Å². The molecule has 0 saturated carbocycles. The van der Waals surface area contributed by atoms with Crippen LogP contribution in [-0.2, 0) is 37.3 Å². The molecule has 4 heteroatoms. The van der Waals surface area contributed by atoms with Crippen molar-refractivity contribution in [1.82, 2.24) is 9.97 Å². The smallest absolute Gasteiger partial charge is 0.662 e. The molecule has 0 aliphatic carbocycles. The first-order valence-electron chi connectivity index (χ1n) is 17.6. The van der Waals surface area contributed by atoms with E-state index in [0.29, 0.717) is 0 Å². The molecule has 4 aromatic rings. The summed E-state index contributed by atoms with van der Waals surface area (Å²) in [4.78, 5) is 9.76. The van der Waals surface area contributed by atoms with Crippen LogP contribution in [0.25, 0.3) is 27.8 Å². The van der Waals surface area contributed by atoms with Crippen LogP contribution in [0.3, 0.4) is 0 Å².